The molecule has 1 aromatic carbocycles. The Morgan fingerprint density at radius 2 is 2.04 bits per heavy atom. The molecule has 126 valence electrons. The van der Waals surface area contributed by atoms with Crippen LogP contribution in [0.1, 0.15) is 39.9 Å². The molecule has 0 atom stereocenters. The predicted octanol–water partition coefficient (Wildman–Crippen LogP) is 1.63. The van der Waals surface area contributed by atoms with Crippen LogP contribution in [0.4, 0.5) is 11.4 Å². The minimum atomic E-state index is -0.745. The van der Waals surface area contributed by atoms with Crippen molar-refractivity contribution in [2.24, 2.45) is 12.8 Å². The summed E-state index contributed by atoms with van der Waals surface area (Å²) in [5.41, 5.74) is 5.67. The molecule has 3 N–H and O–H groups in total. The fourth-order valence-electron chi connectivity index (χ4n) is 2.41. The number of hydrogen-bond acceptors (Lipinski definition) is 5. The number of nitrogens with zero attached hydrogens (tertiary/aromatic N) is 3. The average Bonchev–Trinajstić information content (AvgIpc) is 2.83. The van der Waals surface area contributed by atoms with Crippen molar-refractivity contribution in [3.63, 3.8) is 0 Å². The van der Waals surface area contributed by atoms with Crippen molar-refractivity contribution < 1.29 is 14.5 Å². The molecular formula is C15H17N5O4. The van der Waals surface area contributed by atoms with Gasteiger partial charge >= 0.3 is 0 Å². The van der Waals surface area contributed by atoms with Crippen LogP contribution in [0.25, 0.3) is 0 Å². The van der Waals surface area contributed by atoms with Crippen LogP contribution in [0, 0.1) is 10.1 Å². The highest BCUT2D eigenvalue weighted by Gasteiger charge is 2.25. The molecule has 0 bridgehead atoms. The van der Waals surface area contributed by atoms with E-state index in [1.165, 1.54) is 28.9 Å². The zero-order chi connectivity index (χ0) is 17.9. The Morgan fingerprint density at radius 1 is 1.38 bits per heavy atom. The van der Waals surface area contributed by atoms with E-state index in [4.69, 9.17) is 5.73 Å². The number of carbonyl (C=O) groups excluding carboxylic acids is 2. The summed E-state index contributed by atoms with van der Waals surface area (Å²) in [6, 6.07) is 5.57. The summed E-state index contributed by atoms with van der Waals surface area (Å²) in [5.74, 6) is -1.44. The molecule has 0 saturated carbocycles. The zero-order valence-corrected chi connectivity index (χ0v) is 13.3. The topological polar surface area (TPSA) is 133 Å². The number of benzene rings is 1. The molecule has 0 aliphatic rings. The van der Waals surface area contributed by atoms with E-state index in [9.17, 15) is 19.7 Å². The summed E-state index contributed by atoms with van der Waals surface area (Å²) < 4.78 is 1.29. The second kappa shape index (κ2) is 6.90. The van der Waals surface area contributed by atoms with Crippen molar-refractivity contribution in [3.05, 3.63) is 51.3 Å². The van der Waals surface area contributed by atoms with Crippen molar-refractivity contribution in [3.8, 4) is 0 Å². The molecule has 24 heavy (non-hydrogen) atoms. The number of primary amides is 1. The molecule has 9 nitrogen and oxygen atoms in total. The fourth-order valence-corrected chi connectivity index (χ4v) is 2.41. The van der Waals surface area contributed by atoms with Crippen LogP contribution >= 0.6 is 0 Å². The van der Waals surface area contributed by atoms with Gasteiger partial charge < -0.3 is 11.1 Å². The molecule has 1 aromatic heterocycles. The third-order valence-corrected chi connectivity index (χ3v) is 3.42. The van der Waals surface area contributed by atoms with Gasteiger partial charge in [-0.25, -0.2) is 0 Å². The lowest BCUT2D eigenvalue weighted by Crippen LogP contribution is -2.21. The van der Waals surface area contributed by atoms with Gasteiger partial charge in [0.2, 0.25) is 0 Å². The first-order chi connectivity index (χ1) is 11.4. The molecule has 1 heterocycles. The Labute approximate surface area is 137 Å². The maximum atomic E-state index is 12.5. The smallest absolute Gasteiger partial charge is 0.282 e. The number of nitrogens with two attached hydrogens (primary N) is 1. The molecular weight excluding hydrogens is 314 g/mol. The van der Waals surface area contributed by atoms with E-state index in [1.54, 1.807) is 7.05 Å². The van der Waals surface area contributed by atoms with Crippen LogP contribution in [-0.4, -0.2) is 26.5 Å². The van der Waals surface area contributed by atoms with Crippen LogP contribution in [0.2, 0.25) is 0 Å². The summed E-state index contributed by atoms with van der Waals surface area (Å²) in [6.45, 7) is 1.92. The lowest BCUT2D eigenvalue weighted by atomic mass is 10.1. The number of nitro benzene ring substituents is 1. The Kier molecular flexibility index (Phi) is 4.93. The number of nitrogens with one attached hydrogen (secondary N) is 1. The molecule has 0 fully saturated rings. The van der Waals surface area contributed by atoms with E-state index >= 15 is 0 Å². The van der Waals surface area contributed by atoms with Crippen LogP contribution in [0.15, 0.2) is 24.3 Å². The molecule has 0 aliphatic heterocycles. The van der Waals surface area contributed by atoms with Crippen molar-refractivity contribution in [1.82, 2.24) is 9.78 Å². The van der Waals surface area contributed by atoms with E-state index in [1.807, 2.05) is 6.92 Å². The summed E-state index contributed by atoms with van der Waals surface area (Å²) in [5, 5.41) is 17.8. The molecule has 9 heteroatoms. The standard InChI is InChI=1S/C15H17N5O4/c1-3-6-10-12(13(14(16)21)19(2)18-10)17-15(22)9-7-4-5-8-11(9)20(23)24/h4-5,7-8H,3,6H2,1-2H3,(H2,16,21)(H,17,22). The molecule has 0 unspecified atom stereocenters. The van der Waals surface area contributed by atoms with Gasteiger partial charge in [0.05, 0.1) is 16.3 Å². The van der Waals surface area contributed by atoms with Crippen molar-refractivity contribution in [1.29, 1.82) is 0 Å². The quantitative estimate of drug-likeness (QED) is 0.613. The third-order valence-electron chi connectivity index (χ3n) is 3.42. The molecule has 0 spiro atoms. The van der Waals surface area contributed by atoms with Crippen molar-refractivity contribution >= 4 is 23.2 Å². The van der Waals surface area contributed by atoms with Crippen molar-refractivity contribution in [2.45, 2.75) is 19.8 Å². The first-order valence-corrected chi connectivity index (χ1v) is 7.27. The van der Waals surface area contributed by atoms with E-state index < -0.39 is 16.7 Å². The maximum absolute atomic E-state index is 12.5. The Bertz CT molecular complexity index is 812. The highest BCUT2D eigenvalue weighted by Crippen LogP contribution is 2.24. The number of aromatic nitrogens is 2. The van der Waals surface area contributed by atoms with Crippen LogP contribution in [0.5, 0.6) is 0 Å². The van der Waals surface area contributed by atoms with Crippen molar-refractivity contribution in [2.75, 3.05) is 5.32 Å². The highest BCUT2D eigenvalue weighted by atomic mass is 16.6. The summed E-state index contributed by atoms with van der Waals surface area (Å²) in [4.78, 5) is 34.6. The van der Waals surface area contributed by atoms with E-state index in [-0.39, 0.29) is 22.6 Å². The number of anilines is 1. The average molecular weight is 331 g/mol. The molecule has 2 amide bonds. The lowest BCUT2D eigenvalue weighted by molar-refractivity contribution is -0.385. The fraction of sp³-hybridized carbons (Fsp3) is 0.267. The monoisotopic (exact) mass is 331 g/mol. The number of amides is 2. The number of rotatable bonds is 6. The molecule has 0 saturated heterocycles. The van der Waals surface area contributed by atoms with Gasteiger partial charge in [0.25, 0.3) is 17.5 Å². The number of carbonyl (C=O) groups is 2. The van der Waals surface area contributed by atoms with Gasteiger partial charge in [-0.1, -0.05) is 25.5 Å². The second-order valence-electron chi connectivity index (χ2n) is 5.14. The third kappa shape index (κ3) is 3.24. The van der Waals surface area contributed by atoms with Gasteiger partial charge in [-0.2, -0.15) is 5.10 Å². The SMILES string of the molecule is CCCc1nn(C)c(C(N)=O)c1NC(=O)c1ccccc1[N+](=O)[O-]. The largest absolute Gasteiger partial charge is 0.364 e. The van der Waals surface area contributed by atoms with Gasteiger partial charge in [-0.05, 0) is 12.5 Å². The zero-order valence-electron chi connectivity index (χ0n) is 13.3. The number of nitro groups is 1. The predicted molar refractivity (Wildman–Crippen MR) is 86.8 cm³/mol. The minimum Gasteiger partial charge on any atom is -0.364 e. The lowest BCUT2D eigenvalue weighted by Gasteiger charge is -2.07. The number of aryl methyl sites for hydroxylation is 2. The molecule has 0 aliphatic carbocycles. The first kappa shape index (κ1) is 17.1. The first-order valence-electron chi connectivity index (χ1n) is 7.27. The van der Waals surface area contributed by atoms with Gasteiger partial charge in [0, 0.05) is 13.1 Å². The van der Waals surface area contributed by atoms with E-state index in [0.717, 1.165) is 6.42 Å². The minimum absolute atomic E-state index is 0.0467. The van der Waals surface area contributed by atoms with Gasteiger partial charge in [-0.3, -0.25) is 24.4 Å². The highest BCUT2D eigenvalue weighted by molar-refractivity contribution is 6.10. The Balaban J connectivity index is 2.46. The van der Waals surface area contributed by atoms with Gasteiger partial charge in [-0.15, -0.1) is 0 Å². The van der Waals surface area contributed by atoms with E-state index in [0.29, 0.717) is 12.1 Å². The second-order valence-corrected chi connectivity index (χ2v) is 5.14. The summed E-state index contributed by atoms with van der Waals surface area (Å²) >= 11 is 0. The molecule has 0 radical (unpaired) electrons. The molecule has 2 aromatic rings. The molecule has 2 rings (SSSR count). The van der Waals surface area contributed by atoms with Crippen LogP contribution in [-0.2, 0) is 13.5 Å². The van der Waals surface area contributed by atoms with E-state index in [2.05, 4.69) is 10.4 Å². The van der Waals surface area contributed by atoms with Gasteiger partial charge in [0.15, 0.2) is 0 Å². The number of hydrogen-bond donors (Lipinski definition) is 2. The Hall–Kier alpha value is -3.23. The van der Waals surface area contributed by atoms with Crippen LogP contribution < -0.4 is 11.1 Å². The number of para-hydroxylation sites is 1. The van der Waals surface area contributed by atoms with Gasteiger partial charge in [0.1, 0.15) is 11.3 Å². The summed E-state index contributed by atoms with van der Waals surface area (Å²) in [6.07, 6.45) is 1.26. The Morgan fingerprint density at radius 3 is 2.62 bits per heavy atom. The van der Waals surface area contributed by atoms with Crippen LogP contribution in [0.3, 0.4) is 0 Å². The summed E-state index contributed by atoms with van der Waals surface area (Å²) in [7, 11) is 1.54. The normalized spacial score (nSPS) is 10.4. The maximum Gasteiger partial charge on any atom is 0.282 e.